The molecule has 1 aromatic carbocycles. The Hall–Kier alpha value is -2.70. The largest absolute Gasteiger partial charge is 0.341 e. The Balaban J connectivity index is 1.66. The topological polar surface area (TPSA) is 75.5 Å². The van der Waals surface area contributed by atoms with Gasteiger partial charge in [-0.3, -0.25) is 19.0 Å². The van der Waals surface area contributed by atoms with Gasteiger partial charge < -0.3 is 9.80 Å². The fraction of sp³-hybridized carbons (Fsp3) is 0.474. The van der Waals surface area contributed by atoms with Gasteiger partial charge in [-0.15, -0.1) is 0 Å². The summed E-state index contributed by atoms with van der Waals surface area (Å²) in [6.45, 7) is 6.23. The molecule has 1 aliphatic rings. The van der Waals surface area contributed by atoms with Crippen molar-refractivity contribution in [3.8, 4) is 0 Å². The van der Waals surface area contributed by atoms with Crippen molar-refractivity contribution < 1.29 is 9.59 Å². The number of carbonyl (C=O) groups is 2. The monoisotopic (exact) mass is 356 g/mol. The highest BCUT2D eigenvalue weighted by molar-refractivity contribution is 5.80. The Morgan fingerprint density at radius 1 is 1.12 bits per heavy atom. The molecular formula is C19H24N4O3. The lowest BCUT2D eigenvalue weighted by atomic mass is 10.1. The minimum atomic E-state index is -0.120. The average Bonchev–Trinajstić information content (AvgIpc) is 2.88. The van der Waals surface area contributed by atoms with E-state index in [-0.39, 0.29) is 23.8 Å². The highest BCUT2D eigenvalue weighted by Gasteiger charge is 2.20. The number of amides is 2. The SMILES string of the molecule is CC(=O)N1CCCN(C(=O)CCn2cnc3c(C)cccc3c2=O)CC1. The molecule has 1 aliphatic heterocycles. The van der Waals surface area contributed by atoms with Gasteiger partial charge in [-0.05, 0) is 25.0 Å². The Morgan fingerprint density at radius 2 is 1.85 bits per heavy atom. The molecule has 0 aliphatic carbocycles. The summed E-state index contributed by atoms with van der Waals surface area (Å²) in [5, 5.41) is 0.576. The number of fused-ring (bicyclic) bond motifs is 1. The van der Waals surface area contributed by atoms with Crippen molar-refractivity contribution in [3.63, 3.8) is 0 Å². The van der Waals surface area contributed by atoms with E-state index in [1.54, 1.807) is 22.8 Å². The molecule has 1 aromatic heterocycles. The summed E-state index contributed by atoms with van der Waals surface area (Å²) < 4.78 is 1.50. The van der Waals surface area contributed by atoms with Crippen molar-refractivity contribution in [2.75, 3.05) is 26.2 Å². The molecule has 0 radical (unpaired) electrons. The molecule has 0 saturated carbocycles. The van der Waals surface area contributed by atoms with E-state index in [0.717, 1.165) is 12.0 Å². The second kappa shape index (κ2) is 7.68. The fourth-order valence-corrected chi connectivity index (χ4v) is 3.35. The van der Waals surface area contributed by atoms with Crippen molar-refractivity contribution in [1.82, 2.24) is 19.4 Å². The molecule has 0 N–H and O–H groups in total. The second-order valence-corrected chi connectivity index (χ2v) is 6.70. The van der Waals surface area contributed by atoms with Crippen LogP contribution in [0.4, 0.5) is 0 Å². The summed E-state index contributed by atoms with van der Waals surface area (Å²) in [4.78, 5) is 44.5. The molecule has 2 amide bonds. The van der Waals surface area contributed by atoms with Crippen LogP contribution in [-0.4, -0.2) is 57.3 Å². The molecule has 0 atom stereocenters. The number of aryl methyl sites for hydroxylation is 2. The third kappa shape index (κ3) is 3.76. The van der Waals surface area contributed by atoms with Crippen molar-refractivity contribution in [1.29, 1.82) is 0 Å². The number of carbonyl (C=O) groups excluding carboxylic acids is 2. The molecule has 26 heavy (non-hydrogen) atoms. The number of aromatic nitrogens is 2. The van der Waals surface area contributed by atoms with E-state index in [9.17, 15) is 14.4 Å². The third-order valence-corrected chi connectivity index (χ3v) is 4.92. The highest BCUT2D eigenvalue weighted by atomic mass is 16.2. The quantitative estimate of drug-likeness (QED) is 0.827. The maximum Gasteiger partial charge on any atom is 0.261 e. The van der Waals surface area contributed by atoms with Crippen LogP contribution in [0.25, 0.3) is 10.9 Å². The lowest BCUT2D eigenvalue weighted by Gasteiger charge is -2.21. The van der Waals surface area contributed by atoms with Crippen LogP contribution in [-0.2, 0) is 16.1 Å². The van der Waals surface area contributed by atoms with Crippen LogP contribution in [0.2, 0.25) is 0 Å². The van der Waals surface area contributed by atoms with Crippen molar-refractivity contribution in [2.24, 2.45) is 0 Å². The van der Waals surface area contributed by atoms with Crippen LogP contribution in [0, 0.1) is 6.92 Å². The minimum absolute atomic E-state index is 0.00615. The van der Waals surface area contributed by atoms with Gasteiger partial charge in [0.2, 0.25) is 11.8 Å². The van der Waals surface area contributed by atoms with Crippen molar-refractivity contribution in [2.45, 2.75) is 33.2 Å². The predicted octanol–water partition coefficient (Wildman–Crippen LogP) is 1.18. The summed E-state index contributed by atoms with van der Waals surface area (Å²) in [6.07, 6.45) is 2.55. The Labute approximate surface area is 152 Å². The van der Waals surface area contributed by atoms with Gasteiger partial charge in [0.15, 0.2) is 0 Å². The Bertz CT molecular complexity index is 890. The standard InChI is InChI=1S/C19H24N4O3/c1-14-5-3-6-16-18(14)20-13-23(19(16)26)10-7-17(25)22-9-4-8-21(11-12-22)15(2)24/h3,5-6,13H,4,7-12H2,1-2H3. The van der Waals surface area contributed by atoms with Gasteiger partial charge in [0, 0.05) is 46.1 Å². The number of hydrogen-bond acceptors (Lipinski definition) is 4. The van der Waals surface area contributed by atoms with Gasteiger partial charge in [-0.1, -0.05) is 12.1 Å². The molecule has 2 aromatic rings. The number of benzene rings is 1. The Kier molecular flexibility index (Phi) is 5.35. The Morgan fingerprint density at radius 3 is 2.62 bits per heavy atom. The minimum Gasteiger partial charge on any atom is -0.341 e. The van der Waals surface area contributed by atoms with Crippen LogP contribution in [0.15, 0.2) is 29.3 Å². The van der Waals surface area contributed by atoms with Crippen LogP contribution in [0.3, 0.4) is 0 Å². The first-order valence-electron chi connectivity index (χ1n) is 8.95. The maximum atomic E-state index is 12.6. The van der Waals surface area contributed by atoms with E-state index in [1.807, 2.05) is 19.1 Å². The first-order chi connectivity index (χ1) is 12.5. The van der Waals surface area contributed by atoms with Gasteiger partial charge in [-0.25, -0.2) is 4.98 Å². The summed E-state index contributed by atoms with van der Waals surface area (Å²) in [6, 6.07) is 5.53. The zero-order chi connectivity index (χ0) is 18.7. The van der Waals surface area contributed by atoms with Gasteiger partial charge in [0.1, 0.15) is 0 Å². The highest BCUT2D eigenvalue weighted by Crippen LogP contribution is 2.11. The number of para-hydroxylation sites is 1. The summed E-state index contributed by atoms with van der Waals surface area (Å²) in [5.74, 6) is 0.0509. The van der Waals surface area contributed by atoms with Gasteiger partial charge in [0.25, 0.3) is 5.56 Å². The van der Waals surface area contributed by atoms with E-state index >= 15 is 0 Å². The normalized spacial score (nSPS) is 15.2. The first kappa shape index (κ1) is 18.1. The van der Waals surface area contributed by atoms with E-state index in [1.165, 1.54) is 10.9 Å². The molecule has 7 nitrogen and oxygen atoms in total. The molecule has 1 saturated heterocycles. The second-order valence-electron chi connectivity index (χ2n) is 6.70. The lowest BCUT2D eigenvalue weighted by Crippen LogP contribution is -2.37. The van der Waals surface area contributed by atoms with Crippen LogP contribution >= 0.6 is 0 Å². The van der Waals surface area contributed by atoms with E-state index in [4.69, 9.17) is 0 Å². The molecule has 0 unspecified atom stereocenters. The molecule has 1 fully saturated rings. The molecule has 138 valence electrons. The summed E-state index contributed by atoms with van der Waals surface area (Å²) in [7, 11) is 0. The predicted molar refractivity (Wildman–Crippen MR) is 98.8 cm³/mol. The molecule has 3 rings (SSSR count). The number of rotatable bonds is 3. The zero-order valence-electron chi connectivity index (χ0n) is 15.3. The van der Waals surface area contributed by atoms with E-state index in [2.05, 4.69) is 4.98 Å². The van der Waals surface area contributed by atoms with Gasteiger partial charge in [0.05, 0.1) is 17.2 Å². The van der Waals surface area contributed by atoms with E-state index < -0.39 is 0 Å². The fourth-order valence-electron chi connectivity index (χ4n) is 3.35. The third-order valence-electron chi connectivity index (χ3n) is 4.92. The number of hydrogen-bond donors (Lipinski definition) is 0. The van der Waals surface area contributed by atoms with Gasteiger partial charge >= 0.3 is 0 Å². The van der Waals surface area contributed by atoms with Crippen LogP contribution in [0.5, 0.6) is 0 Å². The van der Waals surface area contributed by atoms with Crippen LogP contribution in [0.1, 0.15) is 25.3 Å². The summed E-state index contributed by atoms with van der Waals surface area (Å²) >= 11 is 0. The van der Waals surface area contributed by atoms with Crippen molar-refractivity contribution in [3.05, 3.63) is 40.4 Å². The van der Waals surface area contributed by atoms with Gasteiger partial charge in [-0.2, -0.15) is 0 Å². The first-order valence-corrected chi connectivity index (χ1v) is 8.95. The molecular weight excluding hydrogens is 332 g/mol. The van der Waals surface area contributed by atoms with E-state index in [0.29, 0.717) is 43.6 Å². The van der Waals surface area contributed by atoms with Crippen LogP contribution < -0.4 is 5.56 Å². The lowest BCUT2D eigenvalue weighted by molar-refractivity contribution is -0.132. The maximum absolute atomic E-state index is 12.6. The van der Waals surface area contributed by atoms with Crippen molar-refractivity contribution >= 4 is 22.7 Å². The smallest absolute Gasteiger partial charge is 0.261 e. The molecule has 0 bridgehead atoms. The zero-order valence-corrected chi connectivity index (χ0v) is 15.3. The summed E-state index contributed by atoms with van der Waals surface area (Å²) in [5.41, 5.74) is 1.55. The number of nitrogens with zero attached hydrogens (tertiary/aromatic N) is 4. The average molecular weight is 356 g/mol. The molecule has 2 heterocycles. The molecule has 0 spiro atoms. The molecule has 7 heteroatoms.